The van der Waals surface area contributed by atoms with E-state index in [0.717, 1.165) is 31.7 Å². The molecular formula is C23H22F2N2O2. The molecule has 4 rings (SSSR count). The Morgan fingerprint density at radius 3 is 2.24 bits per heavy atom. The van der Waals surface area contributed by atoms with Crippen LogP contribution in [0.15, 0.2) is 58.1 Å². The van der Waals surface area contributed by atoms with Gasteiger partial charge in [-0.15, -0.1) is 0 Å². The van der Waals surface area contributed by atoms with Crippen LogP contribution in [-0.4, -0.2) is 9.97 Å². The summed E-state index contributed by atoms with van der Waals surface area (Å²) in [5.74, 6) is -1.45. The summed E-state index contributed by atoms with van der Waals surface area (Å²) in [6.45, 7) is 0. The Balaban J connectivity index is 1.62. The highest BCUT2D eigenvalue weighted by Gasteiger charge is 2.27. The second kappa shape index (κ2) is 8.15. The maximum absolute atomic E-state index is 14.2. The van der Waals surface area contributed by atoms with E-state index < -0.39 is 22.9 Å². The lowest BCUT2D eigenvalue weighted by molar-refractivity contribution is 0.388. The first-order valence-electron chi connectivity index (χ1n) is 9.86. The molecule has 2 aromatic carbocycles. The van der Waals surface area contributed by atoms with Crippen LogP contribution in [0.2, 0.25) is 0 Å². The molecule has 150 valence electrons. The summed E-state index contributed by atoms with van der Waals surface area (Å²) >= 11 is 0. The van der Waals surface area contributed by atoms with Gasteiger partial charge in [-0.2, -0.15) is 0 Å². The second-order valence-electron chi connectivity index (χ2n) is 7.65. The van der Waals surface area contributed by atoms with Crippen LogP contribution < -0.4 is 11.2 Å². The summed E-state index contributed by atoms with van der Waals surface area (Å²) in [5.41, 5.74) is 1.14. The van der Waals surface area contributed by atoms with Crippen molar-refractivity contribution in [1.82, 2.24) is 9.97 Å². The molecule has 0 bridgehead atoms. The van der Waals surface area contributed by atoms with Crippen molar-refractivity contribution in [2.75, 3.05) is 0 Å². The van der Waals surface area contributed by atoms with Gasteiger partial charge in [0.1, 0.15) is 0 Å². The van der Waals surface area contributed by atoms with Crippen LogP contribution in [0.1, 0.15) is 59.9 Å². The number of halogens is 2. The summed E-state index contributed by atoms with van der Waals surface area (Å²) in [5, 5.41) is 0. The van der Waals surface area contributed by atoms with Gasteiger partial charge in [0, 0.05) is 17.7 Å². The number of hydrogen-bond acceptors (Lipinski definition) is 2. The van der Waals surface area contributed by atoms with Crippen molar-refractivity contribution in [1.29, 1.82) is 0 Å². The molecule has 0 aliphatic heterocycles. The van der Waals surface area contributed by atoms with Crippen LogP contribution >= 0.6 is 0 Å². The number of hydrogen-bond donors (Lipinski definition) is 2. The molecule has 29 heavy (non-hydrogen) atoms. The van der Waals surface area contributed by atoms with Crippen molar-refractivity contribution in [2.24, 2.45) is 0 Å². The standard InChI is InChI=1S/C23H22F2N2O2/c24-19-8-4-7-17(20(19)25)13-18-21(26-23(29)27-22(18)28)16-11-9-15(10-12-16)14-5-2-1-3-6-14/h1-8,15-16H,9-13H2,(H2,26,27,28,29). The summed E-state index contributed by atoms with van der Waals surface area (Å²) in [4.78, 5) is 29.4. The predicted molar refractivity (Wildman–Crippen MR) is 107 cm³/mol. The van der Waals surface area contributed by atoms with Gasteiger partial charge in [-0.05, 0) is 54.7 Å². The Bertz CT molecular complexity index is 1110. The van der Waals surface area contributed by atoms with Crippen LogP contribution in [0.25, 0.3) is 0 Å². The number of benzene rings is 2. The normalized spacial score (nSPS) is 19.2. The van der Waals surface area contributed by atoms with Gasteiger partial charge in [-0.3, -0.25) is 9.78 Å². The van der Waals surface area contributed by atoms with Crippen LogP contribution in [0.3, 0.4) is 0 Å². The molecule has 0 radical (unpaired) electrons. The average Bonchev–Trinajstić information content (AvgIpc) is 2.73. The first-order chi connectivity index (χ1) is 14.0. The van der Waals surface area contributed by atoms with Gasteiger partial charge in [0.2, 0.25) is 0 Å². The Labute approximate surface area is 166 Å². The van der Waals surface area contributed by atoms with Crippen molar-refractivity contribution in [3.8, 4) is 0 Å². The van der Waals surface area contributed by atoms with Gasteiger partial charge < -0.3 is 4.98 Å². The van der Waals surface area contributed by atoms with E-state index in [0.29, 0.717) is 17.2 Å². The summed E-state index contributed by atoms with van der Waals surface area (Å²) in [6, 6.07) is 14.2. The number of rotatable bonds is 4. The SMILES string of the molecule is O=c1[nH]c(C2CCC(c3ccccc3)CC2)c(Cc2cccc(F)c2F)c(=O)[nH]1. The van der Waals surface area contributed by atoms with E-state index in [4.69, 9.17) is 0 Å². The van der Waals surface area contributed by atoms with Crippen LogP contribution in [-0.2, 0) is 6.42 Å². The lowest BCUT2D eigenvalue weighted by Gasteiger charge is -2.29. The highest BCUT2D eigenvalue weighted by molar-refractivity contribution is 5.31. The van der Waals surface area contributed by atoms with Gasteiger partial charge in [-0.1, -0.05) is 42.5 Å². The molecule has 0 amide bonds. The average molecular weight is 396 g/mol. The van der Waals surface area contributed by atoms with Gasteiger partial charge in [0.05, 0.1) is 0 Å². The summed E-state index contributed by atoms with van der Waals surface area (Å²) in [7, 11) is 0. The van der Waals surface area contributed by atoms with Crippen molar-refractivity contribution in [2.45, 2.75) is 43.9 Å². The molecule has 0 saturated heterocycles. The molecular weight excluding hydrogens is 374 g/mol. The van der Waals surface area contributed by atoms with E-state index in [1.54, 1.807) is 0 Å². The molecule has 0 unspecified atom stereocenters. The van der Waals surface area contributed by atoms with Crippen LogP contribution in [0.5, 0.6) is 0 Å². The molecule has 1 heterocycles. The monoisotopic (exact) mass is 396 g/mol. The first kappa shape index (κ1) is 19.3. The smallest absolute Gasteiger partial charge is 0.311 e. The maximum atomic E-state index is 14.2. The molecule has 6 heteroatoms. The van der Waals surface area contributed by atoms with E-state index in [2.05, 4.69) is 22.1 Å². The zero-order chi connectivity index (χ0) is 20.4. The predicted octanol–water partition coefficient (Wildman–Crippen LogP) is 4.37. The fraction of sp³-hybridized carbons (Fsp3) is 0.304. The maximum Gasteiger partial charge on any atom is 0.325 e. The second-order valence-corrected chi connectivity index (χ2v) is 7.65. The fourth-order valence-corrected chi connectivity index (χ4v) is 4.37. The number of nitrogens with one attached hydrogen (secondary N) is 2. The van der Waals surface area contributed by atoms with E-state index in [-0.39, 0.29) is 17.9 Å². The van der Waals surface area contributed by atoms with E-state index in [1.807, 2.05) is 18.2 Å². The largest absolute Gasteiger partial charge is 0.325 e. The Morgan fingerprint density at radius 1 is 0.828 bits per heavy atom. The minimum absolute atomic E-state index is 0.0107. The first-order valence-corrected chi connectivity index (χ1v) is 9.86. The minimum Gasteiger partial charge on any atom is -0.311 e. The molecule has 0 atom stereocenters. The lowest BCUT2D eigenvalue weighted by Crippen LogP contribution is -2.30. The van der Waals surface area contributed by atoms with E-state index in [9.17, 15) is 18.4 Å². The Kier molecular flexibility index (Phi) is 5.43. The third kappa shape index (κ3) is 4.06. The molecule has 0 spiro atoms. The molecule has 2 N–H and O–H groups in total. The van der Waals surface area contributed by atoms with Gasteiger partial charge in [0.15, 0.2) is 11.6 Å². The third-order valence-electron chi connectivity index (χ3n) is 5.88. The Morgan fingerprint density at radius 2 is 1.52 bits per heavy atom. The topological polar surface area (TPSA) is 65.7 Å². The third-order valence-corrected chi connectivity index (χ3v) is 5.88. The van der Waals surface area contributed by atoms with Crippen molar-refractivity contribution in [3.05, 3.63) is 103 Å². The van der Waals surface area contributed by atoms with Crippen molar-refractivity contribution in [3.63, 3.8) is 0 Å². The molecule has 1 saturated carbocycles. The Hall–Kier alpha value is -3.02. The molecule has 1 fully saturated rings. The minimum atomic E-state index is -0.961. The molecule has 3 aromatic rings. The quantitative estimate of drug-likeness (QED) is 0.688. The summed E-state index contributed by atoms with van der Waals surface area (Å²) in [6.07, 6.45) is 3.45. The van der Waals surface area contributed by atoms with E-state index in [1.165, 1.54) is 17.7 Å². The number of H-pyrrole nitrogens is 2. The van der Waals surface area contributed by atoms with E-state index >= 15 is 0 Å². The highest BCUT2D eigenvalue weighted by atomic mass is 19.2. The highest BCUT2D eigenvalue weighted by Crippen LogP contribution is 2.40. The van der Waals surface area contributed by atoms with Crippen LogP contribution in [0.4, 0.5) is 8.78 Å². The van der Waals surface area contributed by atoms with Crippen LogP contribution in [0, 0.1) is 11.6 Å². The zero-order valence-corrected chi connectivity index (χ0v) is 15.9. The van der Waals surface area contributed by atoms with Gasteiger partial charge in [0.25, 0.3) is 5.56 Å². The molecule has 1 aliphatic carbocycles. The van der Waals surface area contributed by atoms with Crippen molar-refractivity contribution < 1.29 is 8.78 Å². The van der Waals surface area contributed by atoms with Gasteiger partial charge in [-0.25, -0.2) is 13.6 Å². The number of aromatic amines is 2. The van der Waals surface area contributed by atoms with Crippen molar-refractivity contribution >= 4 is 0 Å². The summed E-state index contributed by atoms with van der Waals surface area (Å²) < 4.78 is 27.7. The number of aromatic nitrogens is 2. The zero-order valence-electron chi connectivity index (χ0n) is 15.9. The van der Waals surface area contributed by atoms with Gasteiger partial charge >= 0.3 is 5.69 Å². The lowest BCUT2D eigenvalue weighted by atomic mass is 9.76. The molecule has 1 aromatic heterocycles. The fourth-order valence-electron chi connectivity index (χ4n) is 4.37. The molecule has 4 nitrogen and oxygen atoms in total. The molecule has 1 aliphatic rings.